The highest BCUT2D eigenvalue weighted by molar-refractivity contribution is 5.38. The number of nitrogens with two attached hydrogens (primary N) is 1. The minimum Gasteiger partial charge on any atom is -0.463 e. The van der Waals surface area contributed by atoms with Crippen molar-refractivity contribution in [3.8, 4) is 6.01 Å². The predicted molar refractivity (Wildman–Crippen MR) is 75.4 cm³/mol. The number of rotatable bonds is 5. The zero-order valence-electron chi connectivity index (χ0n) is 11.9. The number of nitrogens with one attached hydrogen (secondary N) is 1. The van der Waals surface area contributed by atoms with Crippen LogP contribution in [0.2, 0.25) is 0 Å². The van der Waals surface area contributed by atoms with Crippen molar-refractivity contribution in [2.75, 3.05) is 30.0 Å². The molecule has 2 heterocycles. The molecule has 20 heavy (non-hydrogen) atoms. The highest BCUT2D eigenvalue weighted by Crippen LogP contribution is 2.22. The summed E-state index contributed by atoms with van der Waals surface area (Å²) in [6.07, 6.45) is 1.38. The number of β-amino-alcohol motifs (C(OH)–C–C–N with tert-alkyl or cyclic N) is 1. The number of aliphatic hydroxyl groups is 1. The number of aliphatic hydroxyl groups excluding tert-OH is 1. The number of hydrogen-bond donors (Lipinski definition) is 3. The van der Waals surface area contributed by atoms with Gasteiger partial charge in [0.1, 0.15) is 0 Å². The smallest absolute Gasteiger partial charge is 0.323 e. The van der Waals surface area contributed by atoms with Gasteiger partial charge in [0, 0.05) is 13.1 Å². The Balaban J connectivity index is 2.17. The Morgan fingerprint density at radius 2 is 2.25 bits per heavy atom. The summed E-state index contributed by atoms with van der Waals surface area (Å²) in [5, 5.41) is 9.96. The number of anilines is 2. The summed E-state index contributed by atoms with van der Waals surface area (Å²) in [4.78, 5) is 14.5. The summed E-state index contributed by atoms with van der Waals surface area (Å²) >= 11 is 0. The molecule has 0 amide bonds. The maximum Gasteiger partial charge on any atom is 0.323 e. The molecule has 0 aromatic carbocycles. The van der Waals surface area contributed by atoms with E-state index in [1.807, 2.05) is 18.7 Å². The molecule has 1 aliphatic rings. The highest BCUT2D eigenvalue weighted by atomic mass is 16.5. The van der Waals surface area contributed by atoms with Gasteiger partial charge in [-0.3, -0.25) is 5.43 Å². The number of hydrogen-bond acceptors (Lipinski definition) is 8. The van der Waals surface area contributed by atoms with E-state index in [1.165, 1.54) is 0 Å². The van der Waals surface area contributed by atoms with Crippen molar-refractivity contribution in [1.29, 1.82) is 0 Å². The second kappa shape index (κ2) is 6.67. The normalized spacial score (nSPS) is 22.7. The first kappa shape index (κ1) is 14.7. The molecule has 112 valence electrons. The fourth-order valence-electron chi connectivity index (χ4n) is 2.04. The van der Waals surface area contributed by atoms with Gasteiger partial charge in [-0.05, 0) is 18.8 Å². The average molecular weight is 282 g/mol. The molecule has 0 saturated carbocycles. The summed E-state index contributed by atoms with van der Waals surface area (Å²) in [5.74, 6) is 6.39. The average Bonchev–Trinajstić information content (AvgIpc) is 2.47. The second-order valence-electron chi connectivity index (χ2n) is 5.01. The van der Waals surface area contributed by atoms with Crippen LogP contribution in [0.1, 0.15) is 26.7 Å². The Labute approximate surface area is 118 Å². The maximum absolute atomic E-state index is 9.96. The van der Waals surface area contributed by atoms with Gasteiger partial charge in [0.2, 0.25) is 11.9 Å². The Morgan fingerprint density at radius 3 is 2.90 bits per heavy atom. The van der Waals surface area contributed by atoms with E-state index < -0.39 is 0 Å². The van der Waals surface area contributed by atoms with Crippen molar-refractivity contribution in [3.05, 3.63) is 0 Å². The van der Waals surface area contributed by atoms with Gasteiger partial charge in [0.25, 0.3) is 0 Å². The number of ether oxygens (including phenoxy) is 1. The molecule has 2 atom stereocenters. The van der Waals surface area contributed by atoms with Crippen molar-refractivity contribution in [2.24, 2.45) is 11.8 Å². The van der Waals surface area contributed by atoms with Crippen LogP contribution >= 0.6 is 0 Å². The van der Waals surface area contributed by atoms with Crippen LogP contribution in [0.5, 0.6) is 6.01 Å². The zero-order chi connectivity index (χ0) is 14.5. The van der Waals surface area contributed by atoms with Crippen LogP contribution in [-0.2, 0) is 0 Å². The van der Waals surface area contributed by atoms with E-state index in [1.54, 1.807) is 0 Å². The molecule has 4 N–H and O–H groups in total. The van der Waals surface area contributed by atoms with Gasteiger partial charge in [-0.15, -0.1) is 0 Å². The Hall–Kier alpha value is -1.67. The maximum atomic E-state index is 9.96. The summed E-state index contributed by atoms with van der Waals surface area (Å²) < 4.78 is 5.43. The first-order valence-electron chi connectivity index (χ1n) is 6.92. The van der Waals surface area contributed by atoms with Crippen molar-refractivity contribution < 1.29 is 9.84 Å². The summed E-state index contributed by atoms with van der Waals surface area (Å²) in [6, 6.07) is 0.248. The fraction of sp³-hybridized carbons (Fsp3) is 0.750. The Bertz CT molecular complexity index is 444. The molecule has 0 aliphatic carbocycles. The van der Waals surface area contributed by atoms with Gasteiger partial charge in [-0.25, -0.2) is 5.84 Å². The van der Waals surface area contributed by atoms with Gasteiger partial charge in [-0.1, -0.05) is 13.8 Å². The number of nitrogens with zero attached hydrogens (tertiary/aromatic N) is 4. The minimum atomic E-state index is -0.380. The third-order valence-electron chi connectivity index (χ3n) is 3.37. The third-order valence-corrected chi connectivity index (χ3v) is 3.37. The van der Waals surface area contributed by atoms with Crippen LogP contribution < -0.4 is 20.9 Å². The lowest BCUT2D eigenvalue weighted by atomic mass is 9.96. The monoisotopic (exact) mass is 282 g/mol. The lowest BCUT2D eigenvalue weighted by Crippen LogP contribution is -2.43. The van der Waals surface area contributed by atoms with Crippen LogP contribution in [0.25, 0.3) is 0 Å². The summed E-state index contributed by atoms with van der Waals surface area (Å²) in [5.41, 5.74) is 2.41. The van der Waals surface area contributed by atoms with Gasteiger partial charge < -0.3 is 14.7 Å². The van der Waals surface area contributed by atoms with Crippen molar-refractivity contribution in [3.63, 3.8) is 0 Å². The molecule has 0 bridgehead atoms. The Kier molecular flexibility index (Phi) is 4.91. The molecule has 2 rings (SSSR count). The predicted octanol–water partition coefficient (Wildman–Crippen LogP) is 0.153. The largest absolute Gasteiger partial charge is 0.463 e. The highest BCUT2D eigenvalue weighted by Gasteiger charge is 2.26. The van der Waals surface area contributed by atoms with E-state index in [0.717, 1.165) is 19.4 Å². The topological polar surface area (TPSA) is 109 Å². The van der Waals surface area contributed by atoms with Gasteiger partial charge in [-0.2, -0.15) is 15.0 Å². The van der Waals surface area contributed by atoms with E-state index in [0.29, 0.717) is 19.1 Å². The Morgan fingerprint density at radius 1 is 1.45 bits per heavy atom. The van der Waals surface area contributed by atoms with E-state index >= 15 is 0 Å². The number of aromatic nitrogens is 3. The van der Waals surface area contributed by atoms with E-state index in [4.69, 9.17) is 10.6 Å². The molecular weight excluding hydrogens is 260 g/mol. The molecule has 8 heteroatoms. The van der Waals surface area contributed by atoms with Crippen molar-refractivity contribution in [2.45, 2.75) is 32.8 Å². The number of hydrazine groups is 1. The van der Waals surface area contributed by atoms with Crippen LogP contribution in [0.3, 0.4) is 0 Å². The second-order valence-corrected chi connectivity index (χ2v) is 5.01. The molecule has 0 radical (unpaired) electrons. The minimum absolute atomic E-state index is 0.248. The molecule has 1 aliphatic heterocycles. The first-order chi connectivity index (χ1) is 9.63. The van der Waals surface area contributed by atoms with Crippen LogP contribution in [0, 0.1) is 5.92 Å². The van der Waals surface area contributed by atoms with E-state index in [2.05, 4.69) is 20.4 Å². The zero-order valence-corrected chi connectivity index (χ0v) is 11.9. The molecule has 1 aromatic rings. The van der Waals surface area contributed by atoms with Gasteiger partial charge >= 0.3 is 6.01 Å². The molecule has 1 aromatic heterocycles. The molecular formula is C12H22N6O2. The standard InChI is InChI=1S/C12H22N6O2/c1-3-6-20-12-15-10(17-13)14-11(16-12)18-5-4-8(2)9(19)7-18/h8-9,19H,3-7,13H2,1-2H3,(H,14,15,16,17). The fourth-order valence-corrected chi connectivity index (χ4v) is 2.04. The molecule has 8 nitrogen and oxygen atoms in total. The summed E-state index contributed by atoms with van der Waals surface area (Å²) in [7, 11) is 0. The number of piperidine rings is 1. The van der Waals surface area contributed by atoms with E-state index in [-0.39, 0.29) is 24.0 Å². The molecule has 1 fully saturated rings. The van der Waals surface area contributed by atoms with E-state index in [9.17, 15) is 5.11 Å². The quantitative estimate of drug-likeness (QED) is 0.517. The van der Waals surface area contributed by atoms with Gasteiger partial charge in [0.05, 0.1) is 12.7 Å². The third kappa shape index (κ3) is 3.45. The van der Waals surface area contributed by atoms with Crippen molar-refractivity contribution in [1.82, 2.24) is 15.0 Å². The van der Waals surface area contributed by atoms with Crippen molar-refractivity contribution >= 4 is 11.9 Å². The lowest BCUT2D eigenvalue weighted by molar-refractivity contribution is 0.102. The first-order valence-corrected chi connectivity index (χ1v) is 6.92. The summed E-state index contributed by atoms with van der Waals surface area (Å²) in [6.45, 7) is 5.87. The number of nitrogen functional groups attached to an aromatic ring is 1. The molecule has 1 saturated heterocycles. The molecule has 0 spiro atoms. The SMILES string of the molecule is CCCOc1nc(NN)nc(N2CCC(C)C(O)C2)n1. The van der Waals surface area contributed by atoms with Crippen LogP contribution in [0.4, 0.5) is 11.9 Å². The lowest BCUT2D eigenvalue weighted by Gasteiger charge is -2.34. The van der Waals surface area contributed by atoms with Gasteiger partial charge in [0.15, 0.2) is 0 Å². The van der Waals surface area contributed by atoms with Crippen LogP contribution in [0.15, 0.2) is 0 Å². The van der Waals surface area contributed by atoms with Crippen LogP contribution in [-0.4, -0.2) is 45.9 Å². The molecule has 2 unspecified atom stereocenters.